The van der Waals surface area contributed by atoms with Gasteiger partial charge in [-0.1, -0.05) is 42.2 Å². The number of amides is 2. The van der Waals surface area contributed by atoms with Crippen LogP contribution in [0, 0.1) is 11.8 Å². The summed E-state index contributed by atoms with van der Waals surface area (Å²) in [7, 11) is 3.73. The molecule has 0 spiro atoms. The van der Waals surface area contributed by atoms with Crippen molar-refractivity contribution in [3.05, 3.63) is 95.6 Å². The highest BCUT2D eigenvalue weighted by Gasteiger charge is 2.25. The molecule has 3 aromatic carbocycles. The molecule has 2 amide bonds. The molecule has 44 heavy (non-hydrogen) atoms. The van der Waals surface area contributed by atoms with Crippen LogP contribution in [0.1, 0.15) is 61.6 Å². The second-order valence-corrected chi connectivity index (χ2v) is 12.1. The molecule has 3 N–H and O–H groups in total. The summed E-state index contributed by atoms with van der Waals surface area (Å²) >= 11 is 0. The summed E-state index contributed by atoms with van der Waals surface area (Å²) < 4.78 is 5.21. The van der Waals surface area contributed by atoms with Gasteiger partial charge in [0.15, 0.2) is 0 Å². The van der Waals surface area contributed by atoms with E-state index in [0.717, 1.165) is 87.4 Å². The van der Waals surface area contributed by atoms with Crippen molar-refractivity contribution >= 4 is 11.7 Å². The Bertz CT molecular complexity index is 1340. The number of methoxy groups -OCH3 is 1. The van der Waals surface area contributed by atoms with Gasteiger partial charge in [0.05, 0.1) is 12.7 Å². The first-order valence-corrected chi connectivity index (χ1v) is 15.8. The second kappa shape index (κ2) is 16.9. The maximum Gasteiger partial charge on any atom is 0.321 e. The highest BCUT2D eigenvalue weighted by molar-refractivity contribution is 5.89. The smallest absolute Gasteiger partial charge is 0.321 e. The Balaban J connectivity index is 0.000000421. The first kappa shape index (κ1) is 33.1. The number of nitrogens with zero attached hydrogens (tertiary/aromatic N) is 2. The van der Waals surface area contributed by atoms with Gasteiger partial charge < -0.3 is 30.3 Å². The first-order chi connectivity index (χ1) is 21.3. The molecule has 2 aliphatic heterocycles. The van der Waals surface area contributed by atoms with Crippen LogP contribution in [0.5, 0.6) is 5.75 Å². The number of benzene rings is 3. The Labute approximate surface area is 263 Å². The standard InChI is InChI=1S/C30H33N3O2.C7H15NO/c1-35-29-17-15-28(16-18-29)32-30(34)33-21-6-5-20-31-23-27(19-22-33)26-13-11-25(12-14-26)10-9-24-7-3-2-4-8-24;1-7(9)3-5-8(2)6-4-7/h2-4,7-8,11-18,27,31H,5-6,19-23H2,1H3,(H,32,34);9H,3-6H2,1-2H3/t27-;/m1./s1. The largest absolute Gasteiger partial charge is 0.497 e. The normalized spacial score (nSPS) is 18.9. The number of urea groups is 1. The molecule has 1 atom stereocenters. The van der Waals surface area contributed by atoms with Gasteiger partial charge in [-0.05, 0) is 113 Å². The number of hydrogen-bond acceptors (Lipinski definition) is 5. The first-order valence-electron chi connectivity index (χ1n) is 15.8. The van der Waals surface area contributed by atoms with Gasteiger partial charge in [-0.15, -0.1) is 0 Å². The van der Waals surface area contributed by atoms with Crippen LogP contribution in [0.4, 0.5) is 10.5 Å². The van der Waals surface area contributed by atoms with Gasteiger partial charge in [0, 0.05) is 49.5 Å². The third kappa shape index (κ3) is 11.0. The minimum atomic E-state index is -0.382. The third-order valence-electron chi connectivity index (χ3n) is 8.37. The molecule has 0 saturated carbocycles. The Kier molecular flexibility index (Phi) is 12.7. The molecule has 0 aliphatic carbocycles. The van der Waals surface area contributed by atoms with Crippen LogP contribution in [-0.4, -0.2) is 80.0 Å². The van der Waals surface area contributed by atoms with E-state index in [9.17, 15) is 9.90 Å². The molecular weight excluding hydrogens is 548 g/mol. The van der Waals surface area contributed by atoms with Gasteiger partial charge in [-0.3, -0.25) is 0 Å². The Morgan fingerprint density at radius 1 is 0.909 bits per heavy atom. The molecule has 0 radical (unpaired) electrons. The molecule has 5 rings (SSSR count). The number of aliphatic hydroxyl groups is 1. The maximum absolute atomic E-state index is 13.0. The molecule has 7 nitrogen and oxygen atoms in total. The molecular formula is C37H48N4O3. The van der Waals surface area contributed by atoms with Gasteiger partial charge in [0.25, 0.3) is 0 Å². The zero-order valence-corrected chi connectivity index (χ0v) is 26.5. The fourth-order valence-electron chi connectivity index (χ4n) is 5.32. The Hall–Kier alpha value is -3.83. The predicted molar refractivity (Wildman–Crippen MR) is 179 cm³/mol. The average Bonchev–Trinajstić information content (AvgIpc) is 3.05. The minimum absolute atomic E-state index is 0.0472. The van der Waals surface area contributed by atoms with E-state index in [1.807, 2.05) is 66.4 Å². The van der Waals surface area contributed by atoms with E-state index in [0.29, 0.717) is 12.5 Å². The van der Waals surface area contributed by atoms with Crippen molar-refractivity contribution in [1.82, 2.24) is 15.1 Å². The van der Waals surface area contributed by atoms with Crippen LogP contribution in [0.15, 0.2) is 78.9 Å². The van der Waals surface area contributed by atoms with Crippen molar-refractivity contribution in [3.63, 3.8) is 0 Å². The number of likely N-dealkylation sites (tertiary alicyclic amines) is 1. The zero-order chi connectivity index (χ0) is 31.2. The molecule has 0 aromatic heterocycles. The molecule has 7 heteroatoms. The number of anilines is 1. The SMILES string of the molecule is CN1CCC(C)(O)CC1.COc1ccc(NC(=O)N2CCCCNC[C@H](c3ccc(C#Cc4ccccc4)cc3)CC2)cc1. The third-order valence-corrected chi connectivity index (χ3v) is 8.37. The Morgan fingerprint density at radius 3 is 2.20 bits per heavy atom. The summed E-state index contributed by atoms with van der Waals surface area (Å²) in [5, 5.41) is 16.1. The highest BCUT2D eigenvalue weighted by atomic mass is 16.5. The van der Waals surface area contributed by atoms with Crippen molar-refractivity contribution in [3.8, 4) is 17.6 Å². The molecule has 234 valence electrons. The number of carbonyl (C=O) groups excluding carboxylic acids is 1. The van der Waals surface area contributed by atoms with Crippen LogP contribution < -0.4 is 15.4 Å². The number of ether oxygens (including phenoxy) is 1. The highest BCUT2D eigenvalue weighted by Crippen LogP contribution is 2.22. The number of rotatable bonds is 3. The summed E-state index contributed by atoms with van der Waals surface area (Å²) in [6, 6.07) is 26.0. The van der Waals surface area contributed by atoms with Crippen LogP contribution in [0.25, 0.3) is 0 Å². The van der Waals surface area contributed by atoms with Gasteiger partial charge in [0.2, 0.25) is 0 Å². The van der Waals surface area contributed by atoms with Gasteiger partial charge in [-0.25, -0.2) is 4.79 Å². The van der Waals surface area contributed by atoms with E-state index < -0.39 is 0 Å². The van der Waals surface area contributed by atoms with E-state index >= 15 is 0 Å². The van der Waals surface area contributed by atoms with Gasteiger partial charge >= 0.3 is 6.03 Å². The molecule has 2 aliphatic rings. The molecule has 0 bridgehead atoms. The molecule has 2 saturated heterocycles. The lowest BCUT2D eigenvalue weighted by Gasteiger charge is -2.33. The molecule has 2 fully saturated rings. The fraction of sp³-hybridized carbons (Fsp3) is 0.432. The maximum atomic E-state index is 13.0. The molecule has 2 heterocycles. The number of hydrogen-bond donors (Lipinski definition) is 3. The van der Waals surface area contributed by atoms with Crippen LogP contribution in [0.3, 0.4) is 0 Å². The van der Waals surface area contributed by atoms with E-state index in [-0.39, 0.29) is 11.6 Å². The fourth-order valence-corrected chi connectivity index (χ4v) is 5.32. The second-order valence-electron chi connectivity index (χ2n) is 12.1. The van der Waals surface area contributed by atoms with E-state index in [4.69, 9.17) is 4.74 Å². The number of nitrogens with one attached hydrogen (secondary N) is 2. The summed E-state index contributed by atoms with van der Waals surface area (Å²) in [6.07, 6.45) is 4.78. The van der Waals surface area contributed by atoms with Crippen LogP contribution >= 0.6 is 0 Å². The lowest BCUT2D eigenvalue weighted by Crippen LogP contribution is -2.40. The number of piperidine rings is 1. The summed E-state index contributed by atoms with van der Waals surface area (Å²) in [4.78, 5) is 17.2. The Morgan fingerprint density at radius 2 is 1.57 bits per heavy atom. The van der Waals surface area contributed by atoms with Crippen molar-refractivity contribution in [2.45, 2.75) is 50.5 Å². The lowest BCUT2D eigenvalue weighted by atomic mass is 9.94. The van der Waals surface area contributed by atoms with Crippen molar-refractivity contribution in [1.29, 1.82) is 0 Å². The van der Waals surface area contributed by atoms with Gasteiger partial charge in [-0.2, -0.15) is 0 Å². The topological polar surface area (TPSA) is 77.1 Å². The quantitative estimate of drug-likeness (QED) is 0.326. The van der Waals surface area contributed by atoms with Crippen LogP contribution in [-0.2, 0) is 0 Å². The van der Waals surface area contributed by atoms with Gasteiger partial charge in [0.1, 0.15) is 5.75 Å². The predicted octanol–water partition coefficient (Wildman–Crippen LogP) is 5.95. The molecule has 3 aromatic rings. The van der Waals surface area contributed by atoms with Crippen LogP contribution in [0.2, 0.25) is 0 Å². The van der Waals surface area contributed by atoms with E-state index in [1.54, 1.807) is 7.11 Å². The van der Waals surface area contributed by atoms with Crippen molar-refractivity contribution in [2.24, 2.45) is 0 Å². The monoisotopic (exact) mass is 596 g/mol. The summed E-state index contributed by atoms with van der Waals surface area (Å²) in [5.41, 5.74) is 3.69. The zero-order valence-electron chi connectivity index (χ0n) is 26.5. The average molecular weight is 597 g/mol. The van der Waals surface area contributed by atoms with Crippen molar-refractivity contribution < 1.29 is 14.6 Å². The van der Waals surface area contributed by atoms with Crippen molar-refractivity contribution in [2.75, 3.05) is 58.7 Å². The molecule has 0 unspecified atom stereocenters. The van der Waals surface area contributed by atoms with E-state index in [2.05, 4.69) is 58.7 Å². The van der Waals surface area contributed by atoms with E-state index in [1.165, 1.54) is 5.56 Å². The summed E-state index contributed by atoms with van der Waals surface area (Å²) in [5.74, 6) is 7.57. The minimum Gasteiger partial charge on any atom is -0.497 e. The lowest BCUT2D eigenvalue weighted by molar-refractivity contribution is 0.000996. The summed E-state index contributed by atoms with van der Waals surface area (Å²) in [6.45, 7) is 7.32. The number of carbonyl (C=O) groups is 1.